The highest BCUT2D eigenvalue weighted by atomic mass is 16.5. The average Bonchev–Trinajstić information content (AvgIpc) is 3.23. The Morgan fingerprint density at radius 2 is 2.03 bits per heavy atom. The number of allylic oxidation sites excluding steroid dienone is 1. The first kappa shape index (κ1) is 22.0. The standard InChI is InChI=1S/C27H31NO4/c1-17-8-7-11-28(15-17)25(29)12-18(2)22-14-23-24(20-9-6-10-21(13-20)30-4)16-32-27(23)19(3)26(22)31-5/h6,9-10,12-14,16-17H,7-8,11,15H2,1-5H3/b18-12+. The third kappa shape index (κ3) is 4.12. The van der Waals surface area contributed by atoms with E-state index >= 15 is 0 Å². The van der Waals surface area contributed by atoms with E-state index in [1.165, 1.54) is 6.42 Å². The molecule has 1 fully saturated rings. The number of amides is 1. The first-order valence-corrected chi connectivity index (χ1v) is 11.1. The smallest absolute Gasteiger partial charge is 0.246 e. The number of hydrogen-bond donors (Lipinski definition) is 0. The first-order chi connectivity index (χ1) is 15.4. The Labute approximate surface area is 189 Å². The molecule has 0 spiro atoms. The van der Waals surface area contributed by atoms with Crippen LogP contribution in [-0.4, -0.2) is 38.1 Å². The van der Waals surface area contributed by atoms with Crippen LogP contribution in [0.3, 0.4) is 0 Å². The molecule has 0 N–H and O–H groups in total. The second-order valence-electron chi connectivity index (χ2n) is 8.70. The van der Waals surface area contributed by atoms with Gasteiger partial charge in [0.1, 0.15) is 17.1 Å². The van der Waals surface area contributed by atoms with Crippen molar-refractivity contribution in [3.8, 4) is 22.6 Å². The maximum Gasteiger partial charge on any atom is 0.246 e. The van der Waals surface area contributed by atoms with Crippen LogP contribution in [0.5, 0.6) is 11.5 Å². The molecule has 4 rings (SSSR count). The van der Waals surface area contributed by atoms with Crippen LogP contribution in [-0.2, 0) is 4.79 Å². The van der Waals surface area contributed by atoms with Crippen LogP contribution in [0.25, 0.3) is 27.7 Å². The van der Waals surface area contributed by atoms with Gasteiger partial charge in [0.15, 0.2) is 0 Å². The summed E-state index contributed by atoms with van der Waals surface area (Å²) in [6.45, 7) is 7.81. The fraction of sp³-hybridized carbons (Fsp3) is 0.370. The average molecular weight is 434 g/mol. The quantitative estimate of drug-likeness (QED) is 0.457. The number of hydrogen-bond acceptors (Lipinski definition) is 4. The number of furan rings is 1. The lowest BCUT2D eigenvalue weighted by molar-refractivity contribution is -0.127. The van der Waals surface area contributed by atoms with Gasteiger partial charge in [0.05, 0.1) is 20.5 Å². The van der Waals surface area contributed by atoms with Crippen LogP contribution < -0.4 is 9.47 Å². The summed E-state index contributed by atoms with van der Waals surface area (Å²) in [5.74, 6) is 2.14. The number of aryl methyl sites for hydroxylation is 1. The van der Waals surface area contributed by atoms with E-state index in [2.05, 4.69) is 13.0 Å². The molecular weight excluding hydrogens is 402 g/mol. The molecule has 2 aromatic carbocycles. The molecule has 5 heteroatoms. The SMILES string of the molecule is COc1cccc(-c2coc3c(C)c(OC)c(/C(C)=C/C(=O)N4CCCC(C)C4)cc23)c1. The van der Waals surface area contributed by atoms with E-state index in [4.69, 9.17) is 13.9 Å². The Balaban J connectivity index is 1.79. The molecule has 1 aliphatic heterocycles. The lowest BCUT2D eigenvalue weighted by atomic mass is 9.96. The fourth-order valence-corrected chi connectivity index (χ4v) is 4.63. The molecule has 32 heavy (non-hydrogen) atoms. The molecule has 0 saturated carbocycles. The number of ether oxygens (including phenoxy) is 2. The lowest BCUT2D eigenvalue weighted by Gasteiger charge is -2.30. The van der Waals surface area contributed by atoms with E-state index < -0.39 is 0 Å². The molecule has 0 bridgehead atoms. The zero-order chi connectivity index (χ0) is 22.8. The van der Waals surface area contributed by atoms with Crippen molar-refractivity contribution in [1.82, 2.24) is 4.90 Å². The van der Waals surface area contributed by atoms with Gasteiger partial charge in [0, 0.05) is 41.2 Å². The molecule has 0 aliphatic carbocycles. The van der Waals surface area contributed by atoms with Gasteiger partial charge in [-0.2, -0.15) is 0 Å². The van der Waals surface area contributed by atoms with Gasteiger partial charge in [-0.1, -0.05) is 19.1 Å². The number of methoxy groups -OCH3 is 2. The van der Waals surface area contributed by atoms with Crippen molar-refractivity contribution in [3.05, 3.63) is 53.8 Å². The highest BCUT2D eigenvalue weighted by Gasteiger charge is 2.22. The molecule has 1 amide bonds. The van der Waals surface area contributed by atoms with Crippen molar-refractivity contribution in [2.24, 2.45) is 5.92 Å². The molecule has 1 atom stereocenters. The summed E-state index contributed by atoms with van der Waals surface area (Å²) in [6.07, 6.45) is 5.76. The third-order valence-corrected chi connectivity index (χ3v) is 6.36. The van der Waals surface area contributed by atoms with Gasteiger partial charge in [0.2, 0.25) is 5.91 Å². The normalized spacial score (nSPS) is 17.0. The van der Waals surface area contributed by atoms with Crippen molar-refractivity contribution >= 4 is 22.4 Å². The molecular formula is C27H31NO4. The molecule has 3 aromatic rings. The van der Waals surface area contributed by atoms with Gasteiger partial charge in [-0.05, 0) is 61.9 Å². The predicted octanol–water partition coefficient (Wildman–Crippen LogP) is 6.09. The first-order valence-electron chi connectivity index (χ1n) is 11.1. The van der Waals surface area contributed by atoms with Crippen molar-refractivity contribution in [2.45, 2.75) is 33.6 Å². The number of likely N-dealkylation sites (tertiary alicyclic amines) is 1. The summed E-state index contributed by atoms with van der Waals surface area (Å²) in [6, 6.07) is 9.99. The molecule has 2 heterocycles. The maximum atomic E-state index is 13.0. The van der Waals surface area contributed by atoms with E-state index in [1.807, 2.05) is 43.0 Å². The summed E-state index contributed by atoms with van der Waals surface area (Å²) < 4.78 is 17.1. The fourth-order valence-electron chi connectivity index (χ4n) is 4.63. The Bertz CT molecular complexity index is 1170. The van der Waals surface area contributed by atoms with Crippen LogP contribution in [0.1, 0.15) is 37.8 Å². The monoisotopic (exact) mass is 433 g/mol. The van der Waals surface area contributed by atoms with Crippen molar-refractivity contribution in [1.29, 1.82) is 0 Å². The van der Waals surface area contributed by atoms with Gasteiger partial charge in [-0.25, -0.2) is 0 Å². The molecule has 1 aliphatic rings. The zero-order valence-electron chi connectivity index (χ0n) is 19.5. The molecule has 0 radical (unpaired) electrons. The minimum atomic E-state index is 0.0639. The Hall–Kier alpha value is -3.21. The largest absolute Gasteiger partial charge is 0.497 e. The summed E-state index contributed by atoms with van der Waals surface area (Å²) >= 11 is 0. The minimum Gasteiger partial charge on any atom is -0.497 e. The number of carbonyl (C=O) groups is 1. The molecule has 1 aromatic heterocycles. The predicted molar refractivity (Wildman–Crippen MR) is 128 cm³/mol. The van der Waals surface area contributed by atoms with Crippen molar-refractivity contribution in [3.63, 3.8) is 0 Å². The molecule has 168 valence electrons. The van der Waals surface area contributed by atoms with E-state index in [9.17, 15) is 4.79 Å². The van der Waals surface area contributed by atoms with E-state index in [-0.39, 0.29) is 5.91 Å². The number of fused-ring (bicyclic) bond motifs is 1. The minimum absolute atomic E-state index is 0.0639. The van der Waals surface area contributed by atoms with Crippen LogP contribution in [0, 0.1) is 12.8 Å². The van der Waals surface area contributed by atoms with Crippen LogP contribution in [0.2, 0.25) is 0 Å². The highest BCUT2D eigenvalue weighted by molar-refractivity contribution is 6.01. The van der Waals surface area contributed by atoms with Crippen LogP contribution in [0.4, 0.5) is 0 Å². The van der Waals surface area contributed by atoms with Crippen molar-refractivity contribution in [2.75, 3.05) is 27.3 Å². The Morgan fingerprint density at radius 3 is 2.75 bits per heavy atom. The Kier molecular flexibility index (Phi) is 6.26. The van der Waals surface area contributed by atoms with E-state index in [1.54, 1.807) is 26.6 Å². The highest BCUT2D eigenvalue weighted by Crippen LogP contribution is 2.41. The Morgan fingerprint density at radius 1 is 1.22 bits per heavy atom. The van der Waals surface area contributed by atoms with Crippen molar-refractivity contribution < 1.29 is 18.7 Å². The van der Waals surface area contributed by atoms with Gasteiger partial charge in [-0.3, -0.25) is 4.79 Å². The number of carbonyl (C=O) groups excluding carboxylic acids is 1. The zero-order valence-corrected chi connectivity index (χ0v) is 19.5. The second kappa shape index (κ2) is 9.11. The van der Waals surface area contributed by atoms with Crippen LogP contribution in [0.15, 0.2) is 47.1 Å². The number of nitrogens with zero attached hydrogens (tertiary/aromatic N) is 1. The molecule has 1 unspecified atom stereocenters. The second-order valence-corrected chi connectivity index (χ2v) is 8.70. The van der Waals surface area contributed by atoms with Crippen LogP contribution >= 0.6 is 0 Å². The third-order valence-electron chi connectivity index (χ3n) is 6.36. The summed E-state index contributed by atoms with van der Waals surface area (Å²) in [7, 11) is 3.32. The van der Waals surface area contributed by atoms with Gasteiger partial charge in [0.25, 0.3) is 0 Å². The number of benzene rings is 2. The van der Waals surface area contributed by atoms with Gasteiger partial charge in [-0.15, -0.1) is 0 Å². The molecule has 5 nitrogen and oxygen atoms in total. The summed E-state index contributed by atoms with van der Waals surface area (Å²) in [5, 5.41) is 0.985. The summed E-state index contributed by atoms with van der Waals surface area (Å²) in [4.78, 5) is 14.9. The topological polar surface area (TPSA) is 51.9 Å². The lowest BCUT2D eigenvalue weighted by Crippen LogP contribution is -2.38. The summed E-state index contributed by atoms with van der Waals surface area (Å²) in [5.41, 5.74) is 5.48. The number of rotatable bonds is 5. The number of piperidine rings is 1. The van der Waals surface area contributed by atoms with Gasteiger partial charge < -0.3 is 18.8 Å². The molecule has 1 saturated heterocycles. The van der Waals surface area contributed by atoms with Gasteiger partial charge >= 0.3 is 0 Å². The van der Waals surface area contributed by atoms with E-state index in [0.29, 0.717) is 5.92 Å². The maximum absolute atomic E-state index is 13.0. The van der Waals surface area contributed by atoms with E-state index in [0.717, 1.165) is 69.8 Å².